The predicted molar refractivity (Wildman–Crippen MR) is 95.0 cm³/mol. The molecule has 0 N–H and O–H groups in total. The Morgan fingerprint density at radius 3 is 2.40 bits per heavy atom. The van der Waals surface area contributed by atoms with Crippen LogP contribution >= 0.6 is 0 Å². The van der Waals surface area contributed by atoms with E-state index in [1.807, 2.05) is 23.1 Å². The minimum atomic E-state index is 0.0306. The van der Waals surface area contributed by atoms with Gasteiger partial charge in [-0.15, -0.1) is 0 Å². The number of hydrogen-bond acceptors (Lipinski definition) is 5. The Kier molecular flexibility index (Phi) is 4.21. The first kappa shape index (κ1) is 16.1. The van der Waals surface area contributed by atoms with Gasteiger partial charge in [0.1, 0.15) is 5.69 Å². The van der Waals surface area contributed by atoms with Crippen molar-refractivity contribution in [2.75, 3.05) is 26.7 Å². The Labute approximate surface area is 147 Å². The molecule has 2 saturated heterocycles. The second-order valence-corrected chi connectivity index (χ2v) is 7.05. The van der Waals surface area contributed by atoms with Crippen molar-refractivity contribution >= 4 is 5.91 Å². The van der Waals surface area contributed by atoms with E-state index in [1.54, 1.807) is 18.6 Å². The molecule has 0 unspecified atom stereocenters. The predicted octanol–water partition coefficient (Wildman–Crippen LogP) is 2.24. The molecular weight excluding hydrogens is 314 g/mol. The van der Waals surface area contributed by atoms with E-state index in [2.05, 4.69) is 26.9 Å². The number of rotatable bonds is 2. The van der Waals surface area contributed by atoms with Gasteiger partial charge >= 0.3 is 0 Å². The molecule has 2 aliphatic heterocycles. The van der Waals surface area contributed by atoms with Crippen molar-refractivity contribution in [3.63, 3.8) is 0 Å². The first-order chi connectivity index (χ1) is 12.2. The van der Waals surface area contributed by atoms with E-state index < -0.39 is 0 Å². The van der Waals surface area contributed by atoms with Crippen LogP contribution in [0.15, 0.2) is 36.8 Å². The highest BCUT2D eigenvalue weighted by atomic mass is 16.2. The van der Waals surface area contributed by atoms with Crippen LogP contribution in [-0.2, 0) is 0 Å². The maximum absolute atomic E-state index is 12.7. The lowest BCUT2D eigenvalue weighted by molar-refractivity contribution is 0.0492. The molecule has 4 heterocycles. The fourth-order valence-electron chi connectivity index (χ4n) is 4.08. The minimum Gasteiger partial charge on any atom is -0.338 e. The van der Waals surface area contributed by atoms with E-state index in [-0.39, 0.29) is 5.91 Å². The Hall–Kier alpha value is -2.34. The van der Waals surface area contributed by atoms with Gasteiger partial charge in [0, 0.05) is 37.2 Å². The van der Waals surface area contributed by atoms with Crippen molar-refractivity contribution in [2.24, 2.45) is 0 Å². The zero-order chi connectivity index (χ0) is 17.3. The van der Waals surface area contributed by atoms with E-state index in [1.165, 1.54) is 19.4 Å². The first-order valence-electron chi connectivity index (χ1n) is 8.92. The lowest BCUT2D eigenvalue weighted by Crippen LogP contribution is -2.52. The van der Waals surface area contributed by atoms with Crippen LogP contribution in [0.5, 0.6) is 0 Å². The molecular formula is C19H23N5O. The molecule has 25 heavy (non-hydrogen) atoms. The van der Waals surface area contributed by atoms with Crippen LogP contribution in [-0.4, -0.2) is 62.9 Å². The number of hydrogen-bond donors (Lipinski definition) is 0. The highest BCUT2D eigenvalue weighted by Crippen LogP contribution is 2.37. The summed E-state index contributed by atoms with van der Waals surface area (Å²) in [7, 11) is 2.22. The van der Waals surface area contributed by atoms with Crippen LogP contribution in [0, 0.1) is 0 Å². The summed E-state index contributed by atoms with van der Waals surface area (Å²) in [6.45, 7) is 2.80. The van der Waals surface area contributed by atoms with Gasteiger partial charge in [-0.25, -0.2) is 9.97 Å². The molecule has 0 bridgehead atoms. The van der Waals surface area contributed by atoms with Crippen molar-refractivity contribution in [1.29, 1.82) is 0 Å². The molecule has 2 aromatic heterocycles. The fourth-order valence-corrected chi connectivity index (χ4v) is 4.08. The van der Waals surface area contributed by atoms with Gasteiger partial charge in [-0.3, -0.25) is 9.78 Å². The molecule has 2 fully saturated rings. The normalized spacial score (nSPS) is 20.1. The summed E-state index contributed by atoms with van der Waals surface area (Å²) in [5.41, 5.74) is 1.58. The van der Waals surface area contributed by atoms with E-state index >= 15 is 0 Å². The van der Waals surface area contributed by atoms with Crippen molar-refractivity contribution in [1.82, 2.24) is 24.8 Å². The largest absolute Gasteiger partial charge is 0.338 e. The maximum Gasteiger partial charge on any atom is 0.256 e. The number of pyridine rings is 1. The summed E-state index contributed by atoms with van der Waals surface area (Å²) >= 11 is 0. The molecule has 130 valence electrons. The van der Waals surface area contributed by atoms with Gasteiger partial charge in [0.15, 0.2) is 5.82 Å². The van der Waals surface area contributed by atoms with E-state index in [9.17, 15) is 4.79 Å². The number of carbonyl (C=O) groups excluding carboxylic acids is 1. The van der Waals surface area contributed by atoms with Gasteiger partial charge in [-0.05, 0) is 51.4 Å². The van der Waals surface area contributed by atoms with Gasteiger partial charge < -0.3 is 9.80 Å². The maximum atomic E-state index is 12.7. The SMILES string of the molecule is CN1CCCC12CCN(C(=O)c1cnc(-c3ccccn3)nc1)CC2. The highest BCUT2D eigenvalue weighted by molar-refractivity contribution is 5.93. The monoisotopic (exact) mass is 337 g/mol. The van der Waals surface area contributed by atoms with Crippen LogP contribution in [0.1, 0.15) is 36.0 Å². The highest BCUT2D eigenvalue weighted by Gasteiger charge is 2.41. The van der Waals surface area contributed by atoms with E-state index in [4.69, 9.17) is 0 Å². The van der Waals surface area contributed by atoms with Crippen LogP contribution in [0.3, 0.4) is 0 Å². The smallest absolute Gasteiger partial charge is 0.256 e. The number of nitrogens with zero attached hydrogens (tertiary/aromatic N) is 5. The third-order valence-electron chi connectivity index (χ3n) is 5.72. The lowest BCUT2D eigenvalue weighted by Gasteiger charge is -2.43. The van der Waals surface area contributed by atoms with Crippen LogP contribution < -0.4 is 0 Å². The molecule has 2 aliphatic rings. The van der Waals surface area contributed by atoms with Gasteiger partial charge in [0.05, 0.1) is 5.56 Å². The number of carbonyl (C=O) groups is 1. The molecule has 0 atom stereocenters. The summed E-state index contributed by atoms with van der Waals surface area (Å²) < 4.78 is 0. The Morgan fingerprint density at radius 1 is 1.04 bits per heavy atom. The van der Waals surface area contributed by atoms with E-state index in [0.717, 1.165) is 25.9 Å². The number of aromatic nitrogens is 3. The van der Waals surface area contributed by atoms with E-state index in [0.29, 0.717) is 22.6 Å². The van der Waals surface area contributed by atoms with Crippen molar-refractivity contribution in [3.8, 4) is 11.5 Å². The number of amides is 1. The summed E-state index contributed by atoms with van der Waals surface area (Å²) in [4.78, 5) is 30.0. The Morgan fingerprint density at radius 2 is 1.80 bits per heavy atom. The van der Waals surface area contributed by atoms with Crippen molar-refractivity contribution in [3.05, 3.63) is 42.4 Å². The Balaban J connectivity index is 1.43. The van der Waals surface area contributed by atoms with Crippen LogP contribution in [0.2, 0.25) is 0 Å². The zero-order valence-corrected chi connectivity index (χ0v) is 14.6. The second-order valence-electron chi connectivity index (χ2n) is 7.05. The van der Waals surface area contributed by atoms with Gasteiger partial charge in [0.25, 0.3) is 5.91 Å². The molecule has 0 aliphatic carbocycles. The van der Waals surface area contributed by atoms with Crippen LogP contribution in [0.25, 0.3) is 11.5 Å². The molecule has 6 heteroatoms. The van der Waals surface area contributed by atoms with Crippen molar-refractivity contribution < 1.29 is 4.79 Å². The van der Waals surface area contributed by atoms with Gasteiger partial charge in [-0.2, -0.15) is 0 Å². The average molecular weight is 337 g/mol. The molecule has 2 aromatic rings. The minimum absolute atomic E-state index is 0.0306. The zero-order valence-electron chi connectivity index (χ0n) is 14.6. The summed E-state index contributed by atoms with van der Waals surface area (Å²) in [5, 5.41) is 0. The summed E-state index contributed by atoms with van der Waals surface area (Å²) in [6, 6.07) is 5.61. The quantitative estimate of drug-likeness (QED) is 0.841. The number of piperidine rings is 1. The number of likely N-dealkylation sites (tertiary alicyclic amines) is 2. The Bertz CT molecular complexity index is 738. The molecule has 4 rings (SSSR count). The third-order valence-corrected chi connectivity index (χ3v) is 5.72. The fraction of sp³-hybridized carbons (Fsp3) is 0.474. The standard InChI is InChI=1S/C19H23N5O/c1-23-10-4-6-19(23)7-11-24(12-8-19)18(25)15-13-21-17(22-14-15)16-5-2-3-9-20-16/h2-3,5,9,13-14H,4,6-8,10-12H2,1H3. The molecule has 1 amide bonds. The molecule has 6 nitrogen and oxygen atoms in total. The lowest BCUT2D eigenvalue weighted by atomic mass is 9.85. The summed E-state index contributed by atoms with van der Waals surface area (Å²) in [5.74, 6) is 0.574. The van der Waals surface area contributed by atoms with Gasteiger partial charge in [-0.1, -0.05) is 6.07 Å². The molecule has 0 aromatic carbocycles. The average Bonchev–Trinajstić information content (AvgIpc) is 3.03. The molecule has 0 radical (unpaired) electrons. The van der Waals surface area contributed by atoms with Crippen molar-refractivity contribution in [2.45, 2.75) is 31.2 Å². The summed E-state index contributed by atoms with van der Waals surface area (Å²) in [6.07, 6.45) is 9.59. The third kappa shape index (κ3) is 3.02. The first-order valence-corrected chi connectivity index (χ1v) is 8.92. The van der Waals surface area contributed by atoms with Gasteiger partial charge in [0.2, 0.25) is 0 Å². The second kappa shape index (κ2) is 6.52. The topological polar surface area (TPSA) is 62.2 Å². The van der Waals surface area contributed by atoms with Crippen LogP contribution in [0.4, 0.5) is 0 Å². The molecule has 1 spiro atoms. The molecule has 0 saturated carbocycles.